The standard InChI is InChI=1S/C20H28ClN3O4S/c1-11-23-15-16(29-11)13(9-22-17(15)21)14-8-7-12(10-27-20(5,6)26)24(14)18(25)28-19(2,3)4/h9,12,14,26H,7-8,10H2,1-6H3/t12-,14+/m0/s1. The molecule has 1 aliphatic heterocycles. The minimum absolute atomic E-state index is 0.213. The Morgan fingerprint density at radius 1 is 1.34 bits per heavy atom. The van der Waals surface area contributed by atoms with Crippen molar-refractivity contribution in [1.82, 2.24) is 14.9 Å². The third-order valence-electron chi connectivity index (χ3n) is 4.60. The van der Waals surface area contributed by atoms with Crippen LogP contribution in [-0.2, 0) is 9.47 Å². The first-order valence-corrected chi connectivity index (χ1v) is 10.8. The van der Waals surface area contributed by atoms with Crippen molar-refractivity contribution in [2.75, 3.05) is 6.61 Å². The monoisotopic (exact) mass is 441 g/mol. The molecule has 0 aliphatic carbocycles. The Balaban J connectivity index is 1.98. The molecule has 3 rings (SSSR count). The maximum Gasteiger partial charge on any atom is 0.411 e. The summed E-state index contributed by atoms with van der Waals surface area (Å²) >= 11 is 7.78. The Morgan fingerprint density at radius 2 is 2.03 bits per heavy atom. The summed E-state index contributed by atoms with van der Waals surface area (Å²) in [6.07, 6.45) is 2.77. The second-order valence-electron chi connectivity index (χ2n) is 8.81. The van der Waals surface area contributed by atoms with E-state index in [0.29, 0.717) is 10.7 Å². The van der Waals surface area contributed by atoms with E-state index in [0.717, 1.165) is 28.1 Å². The molecule has 0 radical (unpaired) electrons. The quantitative estimate of drug-likeness (QED) is 0.539. The van der Waals surface area contributed by atoms with Crippen molar-refractivity contribution in [3.8, 4) is 0 Å². The van der Waals surface area contributed by atoms with E-state index in [4.69, 9.17) is 21.1 Å². The Kier molecular flexibility index (Phi) is 6.11. The van der Waals surface area contributed by atoms with Crippen molar-refractivity contribution in [3.63, 3.8) is 0 Å². The van der Waals surface area contributed by atoms with Gasteiger partial charge in [0.05, 0.1) is 28.4 Å². The van der Waals surface area contributed by atoms with Crippen LogP contribution in [0.15, 0.2) is 6.20 Å². The molecular formula is C20H28ClN3O4S. The van der Waals surface area contributed by atoms with Crippen LogP contribution in [0.4, 0.5) is 4.79 Å². The van der Waals surface area contributed by atoms with Gasteiger partial charge in [0, 0.05) is 11.8 Å². The number of aliphatic hydroxyl groups is 1. The third kappa shape index (κ3) is 5.17. The van der Waals surface area contributed by atoms with Gasteiger partial charge in [-0.3, -0.25) is 4.90 Å². The van der Waals surface area contributed by atoms with Gasteiger partial charge in [-0.2, -0.15) is 0 Å². The van der Waals surface area contributed by atoms with Crippen molar-refractivity contribution in [2.24, 2.45) is 0 Å². The number of thiazole rings is 1. The Morgan fingerprint density at radius 3 is 2.66 bits per heavy atom. The highest BCUT2D eigenvalue weighted by atomic mass is 35.5. The number of carbonyl (C=O) groups is 1. The summed E-state index contributed by atoms with van der Waals surface area (Å²) in [5, 5.41) is 11.2. The first kappa shape index (κ1) is 22.2. The summed E-state index contributed by atoms with van der Waals surface area (Å²) in [4.78, 5) is 23.6. The van der Waals surface area contributed by atoms with Crippen LogP contribution >= 0.6 is 22.9 Å². The van der Waals surface area contributed by atoms with Gasteiger partial charge >= 0.3 is 6.09 Å². The van der Waals surface area contributed by atoms with E-state index in [1.54, 1.807) is 24.9 Å². The largest absolute Gasteiger partial charge is 0.444 e. The number of hydrogen-bond donors (Lipinski definition) is 1. The molecule has 0 unspecified atom stereocenters. The van der Waals surface area contributed by atoms with Crippen LogP contribution in [0.5, 0.6) is 0 Å². The Bertz CT molecular complexity index is 903. The number of aromatic nitrogens is 2. The lowest BCUT2D eigenvalue weighted by Crippen LogP contribution is -2.44. The molecule has 2 aromatic heterocycles. The van der Waals surface area contributed by atoms with E-state index in [1.807, 2.05) is 27.7 Å². The van der Waals surface area contributed by atoms with E-state index >= 15 is 0 Å². The molecule has 2 aromatic rings. The van der Waals surface area contributed by atoms with Crippen LogP contribution in [0.25, 0.3) is 10.2 Å². The van der Waals surface area contributed by atoms with Crippen LogP contribution in [0.1, 0.15) is 64.1 Å². The molecule has 1 saturated heterocycles. The molecule has 7 nitrogen and oxygen atoms in total. The van der Waals surface area contributed by atoms with Crippen LogP contribution in [0, 0.1) is 6.92 Å². The highest BCUT2D eigenvalue weighted by Crippen LogP contribution is 2.42. The van der Waals surface area contributed by atoms with Crippen LogP contribution < -0.4 is 0 Å². The van der Waals surface area contributed by atoms with E-state index < -0.39 is 17.5 Å². The fourth-order valence-corrected chi connectivity index (χ4v) is 4.71. The maximum absolute atomic E-state index is 13.1. The zero-order chi connectivity index (χ0) is 21.6. The van der Waals surface area contributed by atoms with E-state index in [-0.39, 0.29) is 18.7 Å². The lowest BCUT2D eigenvalue weighted by atomic mass is 10.1. The molecular weight excluding hydrogens is 414 g/mol. The first-order chi connectivity index (χ1) is 13.4. The maximum atomic E-state index is 13.1. The molecule has 1 N–H and O–H groups in total. The number of amides is 1. The van der Waals surface area contributed by atoms with E-state index in [1.165, 1.54) is 11.3 Å². The predicted molar refractivity (Wildman–Crippen MR) is 113 cm³/mol. The molecule has 29 heavy (non-hydrogen) atoms. The van der Waals surface area contributed by atoms with Crippen LogP contribution in [0.3, 0.4) is 0 Å². The number of hydrogen-bond acceptors (Lipinski definition) is 7. The van der Waals surface area contributed by atoms with E-state index in [2.05, 4.69) is 9.97 Å². The zero-order valence-corrected chi connectivity index (χ0v) is 19.2. The van der Waals surface area contributed by atoms with Crippen LogP contribution in [-0.4, -0.2) is 50.1 Å². The predicted octanol–water partition coefficient (Wildman–Crippen LogP) is 4.84. The van der Waals surface area contributed by atoms with Gasteiger partial charge in [-0.1, -0.05) is 11.6 Å². The Hall–Kier alpha value is -1.48. The van der Waals surface area contributed by atoms with Gasteiger partial charge < -0.3 is 14.6 Å². The summed E-state index contributed by atoms with van der Waals surface area (Å²) in [5.41, 5.74) is 0.944. The number of halogens is 1. The second kappa shape index (κ2) is 7.98. The minimum atomic E-state index is -1.28. The summed E-state index contributed by atoms with van der Waals surface area (Å²) in [6, 6.07) is -0.451. The fourth-order valence-electron chi connectivity index (χ4n) is 3.49. The molecule has 0 spiro atoms. The smallest absolute Gasteiger partial charge is 0.411 e. The molecule has 1 aliphatic rings. The zero-order valence-electron chi connectivity index (χ0n) is 17.7. The van der Waals surface area contributed by atoms with Crippen molar-refractivity contribution in [1.29, 1.82) is 0 Å². The van der Waals surface area contributed by atoms with Crippen molar-refractivity contribution in [2.45, 2.75) is 77.9 Å². The SMILES string of the molecule is Cc1nc2c(Cl)ncc([C@H]3CC[C@@H](COC(C)(C)O)N3C(=O)OC(C)(C)C)c2s1. The third-order valence-corrected chi connectivity index (χ3v) is 5.90. The summed E-state index contributed by atoms with van der Waals surface area (Å²) in [5.74, 6) is -1.28. The molecule has 9 heteroatoms. The summed E-state index contributed by atoms with van der Waals surface area (Å²) in [6.45, 7) is 10.8. The number of rotatable bonds is 4. The Labute approximate surface area is 180 Å². The van der Waals surface area contributed by atoms with Crippen molar-refractivity contribution >= 4 is 39.2 Å². The molecule has 3 heterocycles. The van der Waals surface area contributed by atoms with Gasteiger partial charge in [0.2, 0.25) is 0 Å². The lowest BCUT2D eigenvalue weighted by molar-refractivity contribution is -0.183. The second-order valence-corrected chi connectivity index (χ2v) is 10.4. The van der Waals surface area contributed by atoms with Gasteiger partial charge in [-0.05, 0) is 54.4 Å². The van der Waals surface area contributed by atoms with Gasteiger partial charge in [0.1, 0.15) is 11.1 Å². The molecule has 0 aromatic carbocycles. The highest BCUT2D eigenvalue weighted by Gasteiger charge is 2.42. The average Bonchev–Trinajstić information content (AvgIpc) is 3.15. The topological polar surface area (TPSA) is 84.8 Å². The number of ether oxygens (including phenoxy) is 2. The van der Waals surface area contributed by atoms with Gasteiger partial charge in [0.15, 0.2) is 10.9 Å². The molecule has 160 valence electrons. The van der Waals surface area contributed by atoms with E-state index in [9.17, 15) is 9.90 Å². The number of pyridine rings is 1. The average molecular weight is 442 g/mol. The van der Waals surface area contributed by atoms with Crippen molar-refractivity contribution in [3.05, 3.63) is 21.9 Å². The number of aryl methyl sites for hydroxylation is 1. The molecule has 2 atom stereocenters. The number of fused-ring (bicyclic) bond motifs is 1. The minimum Gasteiger partial charge on any atom is -0.444 e. The molecule has 1 amide bonds. The van der Waals surface area contributed by atoms with Gasteiger partial charge in [0.25, 0.3) is 0 Å². The molecule has 0 bridgehead atoms. The molecule has 1 fully saturated rings. The number of nitrogens with zero attached hydrogens (tertiary/aromatic N) is 3. The first-order valence-electron chi connectivity index (χ1n) is 9.65. The van der Waals surface area contributed by atoms with Gasteiger partial charge in [-0.15, -0.1) is 11.3 Å². The van der Waals surface area contributed by atoms with Gasteiger partial charge in [-0.25, -0.2) is 14.8 Å². The fraction of sp³-hybridized carbons (Fsp3) is 0.650. The normalized spacial score (nSPS) is 20.5. The highest BCUT2D eigenvalue weighted by molar-refractivity contribution is 7.18. The van der Waals surface area contributed by atoms with Crippen LogP contribution in [0.2, 0.25) is 5.15 Å². The van der Waals surface area contributed by atoms with Crippen molar-refractivity contribution < 1.29 is 19.4 Å². The lowest BCUT2D eigenvalue weighted by Gasteiger charge is -2.33. The summed E-state index contributed by atoms with van der Waals surface area (Å²) < 4.78 is 12.2. The molecule has 0 saturated carbocycles. The number of carbonyl (C=O) groups excluding carboxylic acids is 1. The number of likely N-dealkylation sites (tertiary alicyclic amines) is 1. The summed E-state index contributed by atoms with van der Waals surface area (Å²) in [7, 11) is 0.